The lowest BCUT2D eigenvalue weighted by atomic mass is 10.1. The number of rotatable bonds is 10. The van der Waals surface area contributed by atoms with Crippen LogP contribution in [0, 0.1) is 0 Å². The molecule has 0 aliphatic heterocycles. The summed E-state index contributed by atoms with van der Waals surface area (Å²) < 4.78 is 0.197. The van der Waals surface area contributed by atoms with Crippen molar-refractivity contribution in [2.24, 2.45) is 0 Å². The number of carboxylic acid groups (broad SMARTS) is 1. The number of aliphatic hydroxyl groups excluding tert-OH is 1. The Balaban J connectivity index is 4.55. The molecule has 0 saturated carbocycles. The summed E-state index contributed by atoms with van der Waals surface area (Å²) >= 11 is 0. The molecule has 0 fully saturated rings. The molecule has 1 atom stereocenters. The molecule has 0 heterocycles. The van der Waals surface area contributed by atoms with Crippen molar-refractivity contribution in [2.75, 3.05) is 14.1 Å². The van der Waals surface area contributed by atoms with Gasteiger partial charge in [-0.25, -0.2) is 4.79 Å². The van der Waals surface area contributed by atoms with E-state index < -0.39 is 12.0 Å². The Hall–Kier alpha value is -1.03. The van der Waals surface area contributed by atoms with Crippen molar-refractivity contribution in [1.29, 1.82) is 0 Å². The quantitative estimate of drug-likeness (QED) is 0.362. The van der Waals surface area contributed by atoms with E-state index >= 15 is 0 Å². The molecular formula is C15H30NO3+. The lowest BCUT2D eigenvalue weighted by Crippen LogP contribution is -2.49. The van der Waals surface area contributed by atoms with Crippen LogP contribution in [-0.2, 0) is 4.79 Å². The van der Waals surface area contributed by atoms with Crippen LogP contribution in [0.15, 0.2) is 12.0 Å². The fourth-order valence-electron chi connectivity index (χ4n) is 2.29. The van der Waals surface area contributed by atoms with Gasteiger partial charge < -0.3 is 10.2 Å². The van der Waals surface area contributed by atoms with Crippen molar-refractivity contribution in [3.63, 3.8) is 0 Å². The van der Waals surface area contributed by atoms with E-state index in [2.05, 4.69) is 6.92 Å². The summed E-state index contributed by atoms with van der Waals surface area (Å²) in [6.07, 6.45) is 8.18. The predicted molar refractivity (Wildman–Crippen MR) is 77.9 cm³/mol. The van der Waals surface area contributed by atoms with Crippen LogP contribution in [0.3, 0.4) is 0 Å². The number of likely N-dealkylation sites (N-methyl/N-ethyl adjacent to an activating group) is 1. The molecular weight excluding hydrogens is 242 g/mol. The van der Waals surface area contributed by atoms with Crippen LogP contribution >= 0.6 is 0 Å². The van der Waals surface area contributed by atoms with Crippen molar-refractivity contribution in [2.45, 2.75) is 64.8 Å². The third-order valence-corrected chi connectivity index (χ3v) is 3.42. The molecule has 0 aromatic carbocycles. The number of unbranched alkanes of at least 4 members (excludes halogenated alkanes) is 3. The fourth-order valence-corrected chi connectivity index (χ4v) is 2.29. The van der Waals surface area contributed by atoms with Gasteiger partial charge >= 0.3 is 5.97 Å². The first-order chi connectivity index (χ1) is 8.85. The van der Waals surface area contributed by atoms with Gasteiger partial charge in [0.2, 0.25) is 0 Å². The van der Waals surface area contributed by atoms with Crippen LogP contribution in [0.25, 0.3) is 0 Å². The van der Waals surface area contributed by atoms with Crippen LogP contribution in [0.1, 0.15) is 58.8 Å². The van der Waals surface area contributed by atoms with Gasteiger partial charge in [0.25, 0.3) is 0 Å². The summed E-state index contributed by atoms with van der Waals surface area (Å²) in [6.45, 7) is 4.13. The van der Waals surface area contributed by atoms with Crippen molar-refractivity contribution in [3.05, 3.63) is 12.0 Å². The van der Waals surface area contributed by atoms with E-state index in [1.54, 1.807) is 6.20 Å². The topological polar surface area (TPSA) is 57.5 Å². The van der Waals surface area contributed by atoms with Crippen LogP contribution in [-0.4, -0.2) is 40.8 Å². The van der Waals surface area contributed by atoms with E-state index in [9.17, 15) is 15.0 Å². The molecule has 0 saturated heterocycles. The number of hydrogen-bond donors (Lipinski definition) is 2. The van der Waals surface area contributed by atoms with Gasteiger partial charge in [-0.2, -0.15) is 0 Å². The second-order valence-corrected chi connectivity index (χ2v) is 5.70. The summed E-state index contributed by atoms with van der Waals surface area (Å²) in [4.78, 5) is 11.3. The molecule has 19 heavy (non-hydrogen) atoms. The minimum absolute atomic E-state index is 0.197. The number of aliphatic carboxylic acids is 1. The zero-order chi connectivity index (χ0) is 14.9. The smallest absolute Gasteiger partial charge is 0.362 e. The summed E-state index contributed by atoms with van der Waals surface area (Å²) in [5.74, 6) is -0.495. The standard InChI is InChI=1S/C15H29NO3/c1-5-7-8-9-11-13(17)12-16(3,4)14(10-6-2)15(18)19/h12,14H,5-11H2,1-4H3,(H-,17,18,19)/p+1/b13-12-. The second kappa shape index (κ2) is 8.97. The molecule has 0 aliphatic carbocycles. The highest BCUT2D eigenvalue weighted by atomic mass is 16.4. The number of quaternary nitrogens is 1. The van der Waals surface area contributed by atoms with E-state index in [4.69, 9.17) is 0 Å². The molecule has 1 unspecified atom stereocenters. The Bertz CT molecular complexity index is 298. The van der Waals surface area contributed by atoms with Gasteiger partial charge in [0.15, 0.2) is 6.04 Å². The number of nitrogens with zero attached hydrogens (tertiary/aromatic N) is 1. The molecule has 4 nitrogen and oxygen atoms in total. The molecule has 0 rings (SSSR count). The lowest BCUT2D eigenvalue weighted by Gasteiger charge is -2.31. The molecule has 0 aromatic rings. The Morgan fingerprint density at radius 2 is 1.74 bits per heavy atom. The highest BCUT2D eigenvalue weighted by Gasteiger charge is 2.33. The van der Waals surface area contributed by atoms with Gasteiger partial charge in [-0.1, -0.05) is 33.1 Å². The normalized spacial score (nSPS) is 14.4. The maximum Gasteiger partial charge on any atom is 0.362 e. The third kappa shape index (κ3) is 7.21. The zero-order valence-electron chi connectivity index (χ0n) is 12.9. The first-order valence-electron chi connectivity index (χ1n) is 7.32. The number of carboxylic acids is 1. The summed E-state index contributed by atoms with van der Waals surface area (Å²) in [5.41, 5.74) is 0. The SMILES string of the molecule is CCCCCC/C(O)=C/[N+](C)(C)C(CCC)C(=O)O. The Morgan fingerprint density at radius 3 is 2.21 bits per heavy atom. The monoisotopic (exact) mass is 272 g/mol. The number of aliphatic hydroxyl groups is 1. The number of carbonyl (C=O) groups is 1. The van der Waals surface area contributed by atoms with Gasteiger partial charge in [0, 0.05) is 12.8 Å². The second-order valence-electron chi connectivity index (χ2n) is 5.70. The van der Waals surface area contributed by atoms with Crippen molar-refractivity contribution >= 4 is 5.97 Å². The summed E-state index contributed by atoms with van der Waals surface area (Å²) in [6, 6.07) is -0.497. The predicted octanol–water partition coefficient (Wildman–Crippen LogP) is 3.69. The summed E-state index contributed by atoms with van der Waals surface area (Å²) in [5, 5.41) is 19.2. The number of allylic oxidation sites excluding steroid dienone is 1. The molecule has 0 spiro atoms. The Morgan fingerprint density at radius 1 is 1.11 bits per heavy atom. The van der Waals surface area contributed by atoms with Gasteiger partial charge in [0.1, 0.15) is 12.0 Å². The average molecular weight is 272 g/mol. The average Bonchev–Trinajstić information content (AvgIpc) is 2.30. The van der Waals surface area contributed by atoms with Gasteiger partial charge in [-0.3, -0.25) is 4.48 Å². The minimum Gasteiger partial charge on any atom is -0.507 e. The van der Waals surface area contributed by atoms with Crippen LogP contribution in [0.5, 0.6) is 0 Å². The highest BCUT2D eigenvalue weighted by Crippen LogP contribution is 2.17. The van der Waals surface area contributed by atoms with E-state index in [0.717, 1.165) is 19.3 Å². The highest BCUT2D eigenvalue weighted by molar-refractivity contribution is 5.72. The van der Waals surface area contributed by atoms with E-state index in [1.165, 1.54) is 12.8 Å². The van der Waals surface area contributed by atoms with Crippen LogP contribution < -0.4 is 0 Å². The molecule has 0 bridgehead atoms. The lowest BCUT2D eigenvalue weighted by molar-refractivity contribution is -0.857. The molecule has 0 radical (unpaired) electrons. The Labute approximate surface area is 117 Å². The molecule has 0 aliphatic rings. The first kappa shape index (κ1) is 18.0. The van der Waals surface area contributed by atoms with E-state index in [0.29, 0.717) is 18.6 Å². The molecule has 4 heteroatoms. The van der Waals surface area contributed by atoms with Gasteiger partial charge in [0.05, 0.1) is 14.1 Å². The van der Waals surface area contributed by atoms with Crippen LogP contribution in [0.2, 0.25) is 0 Å². The molecule has 0 aromatic heterocycles. The van der Waals surface area contributed by atoms with Gasteiger partial charge in [-0.15, -0.1) is 0 Å². The first-order valence-corrected chi connectivity index (χ1v) is 7.32. The van der Waals surface area contributed by atoms with Crippen LogP contribution in [0.4, 0.5) is 0 Å². The van der Waals surface area contributed by atoms with E-state index in [-0.39, 0.29) is 4.48 Å². The minimum atomic E-state index is -0.804. The largest absolute Gasteiger partial charge is 0.507 e. The molecule has 2 N–H and O–H groups in total. The summed E-state index contributed by atoms with van der Waals surface area (Å²) in [7, 11) is 3.66. The number of hydrogen-bond acceptors (Lipinski definition) is 2. The van der Waals surface area contributed by atoms with E-state index in [1.807, 2.05) is 21.0 Å². The van der Waals surface area contributed by atoms with Crippen molar-refractivity contribution < 1.29 is 19.5 Å². The fraction of sp³-hybridized carbons (Fsp3) is 0.800. The van der Waals surface area contributed by atoms with Crippen molar-refractivity contribution in [1.82, 2.24) is 0 Å². The Kier molecular flexibility index (Phi) is 8.48. The molecule has 112 valence electrons. The molecule has 0 amide bonds. The van der Waals surface area contributed by atoms with Crippen molar-refractivity contribution in [3.8, 4) is 0 Å². The maximum absolute atomic E-state index is 11.3. The van der Waals surface area contributed by atoms with Gasteiger partial charge in [-0.05, 0) is 12.8 Å². The third-order valence-electron chi connectivity index (χ3n) is 3.42. The zero-order valence-corrected chi connectivity index (χ0v) is 12.9. The maximum atomic E-state index is 11.3.